The van der Waals surface area contributed by atoms with Gasteiger partial charge in [-0.1, -0.05) is 31.5 Å². The first-order chi connectivity index (χ1) is 15.0. The molecule has 0 atom stereocenters. The zero-order chi connectivity index (χ0) is 22.2. The maximum atomic E-state index is 12.8. The number of carbonyl (C=O) groups excluding carboxylic acids is 2. The summed E-state index contributed by atoms with van der Waals surface area (Å²) >= 11 is 0. The number of hydrogen-bond acceptors (Lipinski definition) is 4. The van der Waals surface area contributed by atoms with Crippen molar-refractivity contribution in [3.05, 3.63) is 59.2 Å². The van der Waals surface area contributed by atoms with Gasteiger partial charge in [0.05, 0.1) is 13.2 Å². The fourth-order valence-corrected chi connectivity index (χ4v) is 3.71. The first-order valence-electron chi connectivity index (χ1n) is 11.1. The zero-order valence-electron chi connectivity index (χ0n) is 18.8. The molecule has 6 nitrogen and oxygen atoms in total. The third-order valence-corrected chi connectivity index (χ3v) is 5.64. The number of rotatable bonds is 8. The van der Waals surface area contributed by atoms with Crippen LogP contribution in [-0.2, 0) is 4.79 Å². The molecule has 2 aromatic rings. The highest BCUT2D eigenvalue weighted by Crippen LogP contribution is 2.19. The summed E-state index contributed by atoms with van der Waals surface area (Å²) in [6.07, 6.45) is 2.11. The van der Waals surface area contributed by atoms with E-state index in [4.69, 9.17) is 4.74 Å². The molecule has 0 saturated carbocycles. The Morgan fingerprint density at radius 1 is 0.968 bits per heavy atom. The Kier molecular flexibility index (Phi) is 8.06. The number of piperazine rings is 1. The van der Waals surface area contributed by atoms with Crippen LogP contribution in [0.15, 0.2) is 42.5 Å². The monoisotopic (exact) mass is 423 g/mol. The van der Waals surface area contributed by atoms with Gasteiger partial charge >= 0.3 is 0 Å². The zero-order valence-corrected chi connectivity index (χ0v) is 18.8. The molecule has 6 heteroatoms. The second-order valence-corrected chi connectivity index (χ2v) is 8.11. The Morgan fingerprint density at radius 3 is 2.23 bits per heavy atom. The van der Waals surface area contributed by atoms with Crippen LogP contribution in [0.3, 0.4) is 0 Å². The normalized spacial score (nSPS) is 14.4. The van der Waals surface area contributed by atoms with Crippen LogP contribution in [0.2, 0.25) is 0 Å². The Balaban J connectivity index is 1.46. The minimum absolute atomic E-state index is 0.0177. The number of para-hydroxylation sites is 1. The molecule has 1 N–H and O–H groups in total. The largest absolute Gasteiger partial charge is 0.494 e. The van der Waals surface area contributed by atoms with E-state index in [9.17, 15) is 9.59 Å². The third kappa shape index (κ3) is 6.31. The lowest BCUT2D eigenvalue weighted by atomic mass is 10.1. The lowest BCUT2D eigenvalue weighted by molar-refractivity contribution is -0.117. The van der Waals surface area contributed by atoms with Gasteiger partial charge in [-0.2, -0.15) is 0 Å². The minimum atomic E-state index is -0.0177. The van der Waals surface area contributed by atoms with E-state index < -0.39 is 0 Å². The molecule has 2 aromatic carbocycles. The molecule has 0 aliphatic carbocycles. The fraction of sp³-hybridized carbons (Fsp3) is 0.440. The van der Waals surface area contributed by atoms with Crippen LogP contribution >= 0.6 is 0 Å². The molecule has 1 aliphatic rings. The van der Waals surface area contributed by atoms with Gasteiger partial charge in [-0.25, -0.2) is 0 Å². The van der Waals surface area contributed by atoms with Crippen LogP contribution in [0.25, 0.3) is 0 Å². The van der Waals surface area contributed by atoms with Crippen molar-refractivity contribution in [1.82, 2.24) is 9.80 Å². The van der Waals surface area contributed by atoms with Crippen molar-refractivity contribution in [3.8, 4) is 5.75 Å². The highest BCUT2D eigenvalue weighted by Gasteiger charge is 2.23. The van der Waals surface area contributed by atoms with Crippen LogP contribution in [0.5, 0.6) is 5.75 Å². The van der Waals surface area contributed by atoms with Crippen molar-refractivity contribution in [2.24, 2.45) is 0 Å². The molecule has 0 aromatic heterocycles. The van der Waals surface area contributed by atoms with Crippen LogP contribution in [0.4, 0.5) is 5.69 Å². The first-order valence-corrected chi connectivity index (χ1v) is 11.1. The molecule has 0 unspecified atom stereocenters. The van der Waals surface area contributed by atoms with E-state index in [1.807, 2.05) is 61.2 Å². The Bertz CT molecular complexity index is 867. The second kappa shape index (κ2) is 11.0. The Morgan fingerprint density at radius 2 is 1.61 bits per heavy atom. The van der Waals surface area contributed by atoms with Crippen LogP contribution in [0.1, 0.15) is 41.3 Å². The van der Waals surface area contributed by atoms with Crippen molar-refractivity contribution in [2.45, 2.75) is 33.6 Å². The smallest absolute Gasteiger partial charge is 0.253 e. The van der Waals surface area contributed by atoms with Gasteiger partial charge in [0.2, 0.25) is 5.91 Å². The number of hydrogen-bond donors (Lipinski definition) is 1. The number of amides is 2. The van der Waals surface area contributed by atoms with Crippen molar-refractivity contribution in [1.29, 1.82) is 0 Å². The average Bonchev–Trinajstić information content (AvgIpc) is 2.77. The van der Waals surface area contributed by atoms with E-state index in [2.05, 4.69) is 17.1 Å². The molecule has 166 valence electrons. The molecule has 1 heterocycles. The summed E-state index contributed by atoms with van der Waals surface area (Å²) in [6.45, 7) is 9.75. The number of carbonyl (C=O) groups is 2. The molecular weight excluding hydrogens is 390 g/mol. The van der Waals surface area contributed by atoms with Gasteiger partial charge in [0, 0.05) is 37.4 Å². The second-order valence-electron chi connectivity index (χ2n) is 8.11. The van der Waals surface area contributed by atoms with Gasteiger partial charge in [-0.05, 0) is 55.7 Å². The van der Waals surface area contributed by atoms with Crippen molar-refractivity contribution < 1.29 is 14.3 Å². The summed E-state index contributed by atoms with van der Waals surface area (Å²) in [4.78, 5) is 29.3. The van der Waals surface area contributed by atoms with Crippen LogP contribution < -0.4 is 10.1 Å². The molecule has 0 radical (unpaired) electrons. The molecule has 2 amide bonds. The highest BCUT2D eigenvalue weighted by atomic mass is 16.5. The van der Waals surface area contributed by atoms with E-state index in [1.54, 1.807) is 0 Å². The summed E-state index contributed by atoms with van der Waals surface area (Å²) in [7, 11) is 0. The van der Waals surface area contributed by atoms with Gasteiger partial charge < -0.3 is 15.0 Å². The van der Waals surface area contributed by atoms with E-state index in [-0.39, 0.29) is 11.8 Å². The Labute approximate surface area is 185 Å². The number of ether oxygens (including phenoxy) is 1. The topological polar surface area (TPSA) is 61.9 Å². The van der Waals surface area contributed by atoms with E-state index in [0.29, 0.717) is 44.9 Å². The van der Waals surface area contributed by atoms with Gasteiger partial charge in [0.15, 0.2) is 0 Å². The summed E-state index contributed by atoms with van der Waals surface area (Å²) in [5.74, 6) is 0.806. The maximum Gasteiger partial charge on any atom is 0.253 e. The van der Waals surface area contributed by atoms with Crippen molar-refractivity contribution in [2.75, 3.05) is 44.6 Å². The quantitative estimate of drug-likeness (QED) is 0.655. The fourth-order valence-electron chi connectivity index (χ4n) is 3.71. The van der Waals surface area contributed by atoms with Gasteiger partial charge in [-0.15, -0.1) is 0 Å². The van der Waals surface area contributed by atoms with E-state index in [1.165, 1.54) is 0 Å². The molecule has 0 spiro atoms. The lowest BCUT2D eigenvalue weighted by Gasteiger charge is -2.34. The average molecular weight is 424 g/mol. The summed E-state index contributed by atoms with van der Waals surface area (Å²) < 4.78 is 5.67. The predicted octanol–water partition coefficient (Wildman–Crippen LogP) is 3.88. The SMILES string of the molecule is CCCCOc1ccc(C(=O)N2CCN(CC(=O)Nc3c(C)cccc3C)CC2)cc1. The summed E-state index contributed by atoms with van der Waals surface area (Å²) in [5, 5.41) is 3.04. The summed E-state index contributed by atoms with van der Waals surface area (Å²) in [6, 6.07) is 13.4. The van der Waals surface area contributed by atoms with E-state index >= 15 is 0 Å². The molecule has 1 fully saturated rings. The number of anilines is 1. The first kappa shape index (κ1) is 22.8. The maximum absolute atomic E-state index is 12.8. The lowest BCUT2D eigenvalue weighted by Crippen LogP contribution is -2.50. The standard InChI is InChI=1S/C25H33N3O3/c1-4-5-17-31-22-11-9-21(10-12-22)25(30)28-15-13-27(14-16-28)18-23(29)26-24-19(2)7-6-8-20(24)3/h6-12H,4-5,13-18H2,1-3H3,(H,26,29). The number of aryl methyl sites for hydroxylation is 2. The number of unbranched alkanes of at least 4 members (excludes halogenated alkanes) is 1. The molecule has 31 heavy (non-hydrogen) atoms. The summed E-state index contributed by atoms with van der Waals surface area (Å²) in [5.41, 5.74) is 3.68. The molecule has 0 bridgehead atoms. The predicted molar refractivity (Wildman–Crippen MR) is 124 cm³/mol. The number of nitrogens with zero attached hydrogens (tertiary/aromatic N) is 2. The van der Waals surface area contributed by atoms with Gasteiger partial charge in [0.25, 0.3) is 5.91 Å². The molecule has 3 rings (SSSR count). The Hall–Kier alpha value is -2.86. The van der Waals surface area contributed by atoms with Crippen LogP contribution in [-0.4, -0.2) is 60.9 Å². The number of nitrogens with one attached hydrogen (secondary N) is 1. The highest BCUT2D eigenvalue weighted by molar-refractivity contribution is 5.95. The molecular formula is C25H33N3O3. The molecule has 1 saturated heterocycles. The minimum Gasteiger partial charge on any atom is -0.494 e. The van der Waals surface area contributed by atoms with Gasteiger partial charge in [0.1, 0.15) is 5.75 Å². The van der Waals surface area contributed by atoms with Crippen molar-refractivity contribution in [3.63, 3.8) is 0 Å². The third-order valence-electron chi connectivity index (χ3n) is 5.64. The van der Waals surface area contributed by atoms with Crippen LogP contribution in [0, 0.1) is 13.8 Å². The molecule has 1 aliphatic heterocycles. The van der Waals surface area contributed by atoms with Crippen molar-refractivity contribution >= 4 is 17.5 Å². The number of benzene rings is 2. The van der Waals surface area contributed by atoms with Gasteiger partial charge in [-0.3, -0.25) is 14.5 Å². The van der Waals surface area contributed by atoms with E-state index in [0.717, 1.165) is 35.4 Å².